The van der Waals surface area contributed by atoms with E-state index < -0.39 is 58.3 Å². The summed E-state index contributed by atoms with van der Waals surface area (Å²) in [6, 6.07) is 3.36. The fourth-order valence-electron chi connectivity index (χ4n) is 6.05. The molecule has 0 radical (unpaired) electrons. The van der Waals surface area contributed by atoms with Gasteiger partial charge in [-0.3, -0.25) is 24.0 Å². The molecule has 5 rings (SSSR count). The Morgan fingerprint density at radius 3 is 2.49 bits per heavy atom. The van der Waals surface area contributed by atoms with Gasteiger partial charge >= 0.3 is 0 Å². The van der Waals surface area contributed by atoms with Crippen molar-refractivity contribution < 1.29 is 38.6 Å². The van der Waals surface area contributed by atoms with Crippen LogP contribution in [0, 0.1) is 23.7 Å². The number of benzene rings is 1. The van der Waals surface area contributed by atoms with Crippen molar-refractivity contribution in [3.63, 3.8) is 0 Å². The molecule has 35 heavy (non-hydrogen) atoms. The first-order valence-corrected chi connectivity index (χ1v) is 11.2. The zero-order valence-corrected chi connectivity index (χ0v) is 19.1. The molecule has 3 aliphatic rings. The quantitative estimate of drug-likeness (QED) is 0.534. The molecule has 0 bridgehead atoms. The SMILES string of the molecule is CN(C)c1cc(-c2ccoc2)c(O)c2c1C[C@H]1C[C@H]3CC(=O)C(C(N)=O)C(=O)[C@@]3(O)C(=O)C1C2=O. The van der Waals surface area contributed by atoms with Crippen molar-refractivity contribution in [2.45, 2.75) is 24.9 Å². The molecule has 1 aromatic carbocycles. The van der Waals surface area contributed by atoms with E-state index in [4.69, 9.17) is 10.2 Å². The number of hydrogen-bond donors (Lipinski definition) is 3. The summed E-state index contributed by atoms with van der Waals surface area (Å²) in [6.07, 6.45) is 2.75. The molecule has 2 aromatic rings. The number of carbonyl (C=O) groups excluding carboxylic acids is 5. The van der Waals surface area contributed by atoms with Crippen LogP contribution in [-0.2, 0) is 25.6 Å². The van der Waals surface area contributed by atoms with E-state index in [-0.39, 0.29) is 30.6 Å². The first-order valence-electron chi connectivity index (χ1n) is 11.2. The van der Waals surface area contributed by atoms with Crippen LogP contribution in [-0.4, -0.2) is 58.9 Å². The van der Waals surface area contributed by atoms with Crippen LogP contribution in [0.15, 0.2) is 29.1 Å². The third-order valence-electron chi connectivity index (χ3n) is 7.69. The van der Waals surface area contributed by atoms with Crippen LogP contribution in [0.25, 0.3) is 11.1 Å². The fourth-order valence-corrected chi connectivity index (χ4v) is 6.05. The number of carbonyl (C=O) groups is 5. The number of phenolic OH excluding ortho intramolecular Hbond substituents is 1. The maximum atomic E-state index is 13.8. The van der Waals surface area contributed by atoms with Gasteiger partial charge in [-0.05, 0) is 36.5 Å². The standard InChI is InChI=1S/C25H24N2O8/c1-27(2)15-8-13(10-3-4-35-9-10)20(29)18-14(15)6-11-5-12-7-16(28)19(24(26)33)23(32)25(12,34)22(31)17(11)21(18)30/h3-4,8-9,11-12,17,19,29,34H,5-7H2,1-2H3,(H2,26,33)/t11-,12+,17?,19?,25+/m1/s1. The highest BCUT2D eigenvalue weighted by Crippen LogP contribution is 2.52. The number of aromatic hydroxyl groups is 1. The van der Waals surface area contributed by atoms with E-state index in [0.29, 0.717) is 22.4 Å². The normalized spacial score (nSPS) is 29.9. The summed E-state index contributed by atoms with van der Waals surface area (Å²) in [4.78, 5) is 66.4. The fraction of sp³-hybridized carbons (Fsp3) is 0.400. The van der Waals surface area contributed by atoms with E-state index in [1.807, 2.05) is 0 Å². The Hall–Kier alpha value is -3.79. The van der Waals surface area contributed by atoms with Crippen LogP contribution in [0.3, 0.4) is 0 Å². The first kappa shape index (κ1) is 23.0. The van der Waals surface area contributed by atoms with Gasteiger partial charge in [-0.25, -0.2) is 0 Å². The average molecular weight is 480 g/mol. The van der Waals surface area contributed by atoms with Gasteiger partial charge in [-0.15, -0.1) is 0 Å². The van der Waals surface area contributed by atoms with E-state index in [2.05, 4.69) is 0 Å². The summed E-state index contributed by atoms with van der Waals surface area (Å²) in [7, 11) is 3.57. The Balaban J connectivity index is 1.66. The predicted molar refractivity (Wildman–Crippen MR) is 121 cm³/mol. The lowest BCUT2D eigenvalue weighted by Crippen LogP contribution is -2.68. The molecule has 5 atom stereocenters. The van der Waals surface area contributed by atoms with E-state index >= 15 is 0 Å². The molecule has 3 aliphatic carbocycles. The van der Waals surface area contributed by atoms with E-state index in [1.54, 1.807) is 31.1 Å². The molecule has 1 amide bonds. The van der Waals surface area contributed by atoms with Crippen LogP contribution in [0.2, 0.25) is 0 Å². The third-order valence-corrected chi connectivity index (χ3v) is 7.69. The number of Topliss-reactive ketones (excluding diaryl/α,β-unsaturated/α-hetero) is 4. The van der Waals surface area contributed by atoms with E-state index in [0.717, 1.165) is 0 Å². The minimum absolute atomic E-state index is 0.0464. The number of hydrogen-bond acceptors (Lipinski definition) is 9. The highest BCUT2D eigenvalue weighted by molar-refractivity contribution is 6.31. The number of aliphatic hydroxyl groups is 1. The van der Waals surface area contributed by atoms with Gasteiger partial charge in [0.05, 0.1) is 24.0 Å². The second-order valence-corrected chi connectivity index (χ2v) is 9.79. The van der Waals surface area contributed by atoms with Crippen molar-refractivity contribution >= 4 is 34.7 Å². The maximum Gasteiger partial charge on any atom is 0.235 e. The van der Waals surface area contributed by atoms with Crippen molar-refractivity contribution in [2.75, 3.05) is 19.0 Å². The van der Waals surface area contributed by atoms with Crippen LogP contribution < -0.4 is 10.6 Å². The lowest BCUT2D eigenvalue weighted by atomic mass is 9.53. The second kappa shape index (κ2) is 7.61. The van der Waals surface area contributed by atoms with Gasteiger partial charge in [0.25, 0.3) is 0 Å². The Bertz CT molecular complexity index is 1310. The number of furan rings is 1. The topological polar surface area (TPSA) is 168 Å². The molecule has 4 N–H and O–H groups in total. The lowest BCUT2D eigenvalue weighted by Gasteiger charge is -2.48. The first-order chi connectivity index (χ1) is 16.5. The number of nitrogens with two attached hydrogens (primary N) is 1. The summed E-state index contributed by atoms with van der Waals surface area (Å²) in [6.45, 7) is 0. The molecule has 2 fully saturated rings. The van der Waals surface area contributed by atoms with Crippen molar-refractivity contribution in [2.24, 2.45) is 29.4 Å². The zero-order chi connectivity index (χ0) is 25.4. The summed E-state index contributed by atoms with van der Waals surface area (Å²) < 4.78 is 5.12. The Morgan fingerprint density at radius 1 is 1.17 bits per heavy atom. The number of phenols is 1. The Morgan fingerprint density at radius 2 is 1.89 bits per heavy atom. The number of amides is 1. The monoisotopic (exact) mass is 480 g/mol. The van der Waals surface area contributed by atoms with Crippen molar-refractivity contribution in [1.82, 2.24) is 0 Å². The highest BCUT2D eigenvalue weighted by Gasteiger charge is 2.66. The number of primary amides is 1. The average Bonchev–Trinajstić information content (AvgIpc) is 3.30. The van der Waals surface area contributed by atoms with Gasteiger partial charge in [-0.2, -0.15) is 0 Å². The van der Waals surface area contributed by atoms with Gasteiger partial charge in [0.2, 0.25) is 5.91 Å². The Labute approximate surface area is 199 Å². The van der Waals surface area contributed by atoms with Crippen LogP contribution in [0.5, 0.6) is 5.75 Å². The summed E-state index contributed by atoms with van der Waals surface area (Å²) in [5.74, 6) is -10.3. The number of ketones is 4. The molecule has 2 saturated carbocycles. The summed E-state index contributed by atoms with van der Waals surface area (Å²) >= 11 is 0. The number of nitrogens with zero attached hydrogens (tertiary/aromatic N) is 1. The number of fused-ring (bicyclic) bond motifs is 3. The van der Waals surface area contributed by atoms with Crippen molar-refractivity contribution in [3.05, 3.63) is 35.8 Å². The Kier molecular flexibility index (Phi) is 4.99. The van der Waals surface area contributed by atoms with Crippen molar-refractivity contribution in [1.29, 1.82) is 0 Å². The molecular weight excluding hydrogens is 456 g/mol. The number of anilines is 1. The minimum atomic E-state index is -2.66. The molecule has 0 aliphatic heterocycles. The molecule has 10 heteroatoms. The molecular formula is C25H24N2O8. The zero-order valence-electron chi connectivity index (χ0n) is 19.1. The lowest BCUT2D eigenvalue weighted by molar-refractivity contribution is -0.175. The molecule has 10 nitrogen and oxygen atoms in total. The summed E-state index contributed by atoms with van der Waals surface area (Å²) in [5.41, 5.74) is 4.58. The second-order valence-electron chi connectivity index (χ2n) is 9.79. The molecule has 182 valence electrons. The smallest absolute Gasteiger partial charge is 0.235 e. The van der Waals surface area contributed by atoms with Gasteiger partial charge < -0.3 is 25.3 Å². The third kappa shape index (κ3) is 3.02. The van der Waals surface area contributed by atoms with Crippen molar-refractivity contribution in [3.8, 4) is 16.9 Å². The summed E-state index contributed by atoms with van der Waals surface area (Å²) in [5, 5.41) is 22.4. The maximum absolute atomic E-state index is 13.8. The van der Waals surface area contributed by atoms with Gasteiger partial charge in [0.1, 0.15) is 5.75 Å². The van der Waals surface area contributed by atoms with Gasteiger partial charge in [0.15, 0.2) is 34.7 Å². The van der Waals surface area contributed by atoms with Crippen LogP contribution >= 0.6 is 0 Å². The van der Waals surface area contributed by atoms with Crippen LogP contribution in [0.1, 0.15) is 28.8 Å². The largest absolute Gasteiger partial charge is 0.507 e. The molecule has 0 saturated heterocycles. The predicted octanol–water partition coefficient (Wildman–Crippen LogP) is 0.653. The van der Waals surface area contributed by atoms with Gasteiger partial charge in [0, 0.05) is 43.2 Å². The van der Waals surface area contributed by atoms with Gasteiger partial charge in [-0.1, -0.05) is 0 Å². The van der Waals surface area contributed by atoms with Crippen LogP contribution in [0.4, 0.5) is 5.69 Å². The van der Waals surface area contributed by atoms with E-state index in [1.165, 1.54) is 12.5 Å². The van der Waals surface area contributed by atoms with E-state index in [9.17, 15) is 34.2 Å². The number of rotatable bonds is 3. The minimum Gasteiger partial charge on any atom is -0.507 e. The highest BCUT2D eigenvalue weighted by atomic mass is 16.3. The molecule has 0 spiro atoms. The molecule has 2 unspecified atom stereocenters. The molecule has 1 heterocycles. The molecule has 1 aromatic heterocycles.